The van der Waals surface area contributed by atoms with E-state index >= 15 is 0 Å². The summed E-state index contributed by atoms with van der Waals surface area (Å²) in [4.78, 5) is 31.3. The van der Waals surface area contributed by atoms with Crippen LogP contribution in [-0.4, -0.2) is 28.8 Å². The molecule has 0 spiro atoms. The highest BCUT2D eigenvalue weighted by Gasteiger charge is 2.09. The summed E-state index contributed by atoms with van der Waals surface area (Å²) in [7, 11) is 3.13. The summed E-state index contributed by atoms with van der Waals surface area (Å²) in [5.41, 5.74) is 0.787. The van der Waals surface area contributed by atoms with Crippen LogP contribution in [0.2, 0.25) is 0 Å². The van der Waals surface area contributed by atoms with E-state index in [0.717, 1.165) is 10.1 Å². The van der Waals surface area contributed by atoms with Crippen molar-refractivity contribution in [3.8, 4) is 11.5 Å². The maximum Gasteiger partial charge on any atom is 0.328 e. The lowest BCUT2D eigenvalue weighted by Crippen LogP contribution is -2.36. The van der Waals surface area contributed by atoms with Crippen molar-refractivity contribution >= 4 is 11.0 Å². The Labute approximate surface area is 137 Å². The van der Waals surface area contributed by atoms with Gasteiger partial charge in [-0.3, -0.25) is 9.36 Å². The monoisotopic (exact) mass is 327 g/mol. The van der Waals surface area contributed by atoms with Crippen LogP contribution in [0.4, 0.5) is 0 Å². The van der Waals surface area contributed by atoms with Gasteiger partial charge in [0.15, 0.2) is 17.0 Å². The molecule has 0 radical (unpaired) electrons. The van der Waals surface area contributed by atoms with Crippen LogP contribution >= 0.6 is 0 Å². The third kappa shape index (κ3) is 2.88. The molecule has 2 heterocycles. The van der Waals surface area contributed by atoms with Gasteiger partial charge in [0.1, 0.15) is 0 Å². The van der Waals surface area contributed by atoms with E-state index in [4.69, 9.17) is 9.47 Å². The van der Waals surface area contributed by atoms with E-state index in [1.807, 2.05) is 12.1 Å². The number of H-pyrrole nitrogens is 1. The molecule has 0 aliphatic heterocycles. The molecule has 0 aliphatic carbocycles. The Morgan fingerprint density at radius 1 is 1.12 bits per heavy atom. The second-order valence-electron chi connectivity index (χ2n) is 5.23. The number of nitrogens with zero attached hydrogens (tertiary/aromatic N) is 2. The van der Waals surface area contributed by atoms with Gasteiger partial charge in [-0.15, -0.1) is 0 Å². The van der Waals surface area contributed by atoms with E-state index in [1.165, 1.54) is 6.20 Å². The minimum absolute atomic E-state index is 0.246. The Morgan fingerprint density at radius 3 is 2.67 bits per heavy atom. The number of aromatic nitrogens is 3. The fourth-order valence-corrected chi connectivity index (χ4v) is 2.56. The van der Waals surface area contributed by atoms with E-state index in [2.05, 4.69) is 9.97 Å². The summed E-state index contributed by atoms with van der Waals surface area (Å²) >= 11 is 0. The van der Waals surface area contributed by atoms with Gasteiger partial charge in [-0.2, -0.15) is 0 Å². The van der Waals surface area contributed by atoms with Crippen LogP contribution in [0.15, 0.2) is 46.1 Å². The van der Waals surface area contributed by atoms with E-state index < -0.39 is 11.2 Å². The minimum atomic E-state index is -0.444. The van der Waals surface area contributed by atoms with Gasteiger partial charge in [0.25, 0.3) is 5.56 Å². The molecule has 1 aromatic carbocycles. The van der Waals surface area contributed by atoms with Crippen molar-refractivity contribution in [1.29, 1.82) is 0 Å². The van der Waals surface area contributed by atoms with Crippen LogP contribution < -0.4 is 20.7 Å². The Balaban J connectivity index is 1.91. The topological polar surface area (TPSA) is 86.2 Å². The summed E-state index contributed by atoms with van der Waals surface area (Å²) < 4.78 is 11.6. The number of ether oxygens (including phenoxy) is 2. The van der Waals surface area contributed by atoms with Crippen molar-refractivity contribution in [1.82, 2.24) is 14.5 Å². The van der Waals surface area contributed by atoms with Gasteiger partial charge in [0.05, 0.1) is 19.7 Å². The number of aromatic amines is 1. The Bertz CT molecular complexity index is 991. The highest BCUT2D eigenvalue weighted by atomic mass is 16.5. The first kappa shape index (κ1) is 15.8. The molecule has 0 aliphatic rings. The van der Waals surface area contributed by atoms with Crippen molar-refractivity contribution in [3.63, 3.8) is 0 Å². The fourth-order valence-electron chi connectivity index (χ4n) is 2.56. The largest absolute Gasteiger partial charge is 0.493 e. The van der Waals surface area contributed by atoms with Crippen molar-refractivity contribution in [2.45, 2.75) is 13.0 Å². The van der Waals surface area contributed by atoms with Gasteiger partial charge in [0, 0.05) is 12.7 Å². The smallest absolute Gasteiger partial charge is 0.328 e. The van der Waals surface area contributed by atoms with Crippen LogP contribution in [-0.2, 0) is 13.0 Å². The lowest BCUT2D eigenvalue weighted by atomic mass is 10.1. The average molecular weight is 327 g/mol. The van der Waals surface area contributed by atoms with Gasteiger partial charge in [0.2, 0.25) is 0 Å². The van der Waals surface area contributed by atoms with Gasteiger partial charge in [-0.05, 0) is 36.2 Å². The summed E-state index contributed by atoms with van der Waals surface area (Å²) in [5, 5.41) is 0. The van der Waals surface area contributed by atoms with E-state index in [-0.39, 0.29) is 12.1 Å². The van der Waals surface area contributed by atoms with Crippen LogP contribution in [0.1, 0.15) is 5.56 Å². The van der Waals surface area contributed by atoms with Crippen molar-refractivity contribution in [2.24, 2.45) is 0 Å². The van der Waals surface area contributed by atoms with Crippen molar-refractivity contribution in [3.05, 3.63) is 62.9 Å². The Kier molecular flexibility index (Phi) is 4.33. The zero-order chi connectivity index (χ0) is 17.1. The normalized spacial score (nSPS) is 10.8. The molecule has 1 N–H and O–H groups in total. The summed E-state index contributed by atoms with van der Waals surface area (Å²) in [6.07, 6.45) is 2.03. The number of fused-ring (bicyclic) bond motifs is 1. The lowest BCUT2D eigenvalue weighted by molar-refractivity contribution is 0.354. The maximum atomic E-state index is 12.4. The molecular formula is C17H17N3O4. The molecule has 124 valence electrons. The molecule has 3 rings (SSSR count). The number of nitrogens with one attached hydrogen (secondary N) is 1. The van der Waals surface area contributed by atoms with Crippen LogP contribution in [0.25, 0.3) is 11.0 Å². The van der Waals surface area contributed by atoms with Gasteiger partial charge >= 0.3 is 5.69 Å². The highest BCUT2D eigenvalue weighted by molar-refractivity contribution is 5.71. The molecule has 0 unspecified atom stereocenters. The first-order chi connectivity index (χ1) is 11.6. The molecule has 0 bridgehead atoms. The van der Waals surface area contributed by atoms with E-state index in [1.54, 1.807) is 32.4 Å². The molecule has 7 nitrogen and oxygen atoms in total. The zero-order valence-electron chi connectivity index (χ0n) is 13.4. The minimum Gasteiger partial charge on any atom is -0.493 e. The van der Waals surface area contributed by atoms with Crippen LogP contribution in [0.3, 0.4) is 0 Å². The molecule has 7 heteroatoms. The SMILES string of the molecule is COc1ccc(CCn2c(=O)[nH]c3cccnc3c2=O)cc1OC. The second kappa shape index (κ2) is 6.57. The number of hydrogen-bond donors (Lipinski definition) is 1. The number of rotatable bonds is 5. The van der Waals surface area contributed by atoms with E-state index in [0.29, 0.717) is 23.4 Å². The van der Waals surface area contributed by atoms with Gasteiger partial charge in [-0.25, -0.2) is 9.78 Å². The Morgan fingerprint density at radius 2 is 1.92 bits per heavy atom. The van der Waals surface area contributed by atoms with Crippen molar-refractivity contribution in [2.75, 3.05) is 14.2 Å². The third-order valence-electron chi connectivity index (χ3n) is 3.81. The standard InChI is InChI=1S/C17H17N3O4/c1-23-13-6-5-11(10-14(13)24-2)7-9-20-16(21)15-12(19-17(20)22)4-3-8-18-15/h3-6,8,10H,7,9H2,1-2H3,(H,19,22). The fraction of sp³-hybridized carbons (Fsp3) is 0.235. The number of pyridine rings is 1. The second-order valence-corrected chi connectivity index (χ2v) is 5.23. The molecule has 3 aromatic rings. The molecule has 0 atom stereocenters. The summed E-state index contributed by atoms with van der Waals surface area (Å²) in [5.74, 6) is 1.24. The highest BCUT2D eigenvalue weighted by Crippen LogP contribution is 2.27. The number of benzene rings is 1. The predicted molar refractivity (Wildman–Crippen MR) is 89.9 cm³/mol. The van der Waals surface area contributed by atoms with Crippen LogP contribution in [0, 0.1) is 0 Å². The van der Waals surface area contributed by atoms with E-state index in [9.17, 15) is 9.59 Å². The predicted octanol–water partition coefficient (Wildman–Crippen LogP) is 1.34. The zero-order valence-corrected chi connectivity index (χ0v) is 13.4. The molecular weight excluding hydrogens is 310 g/mol. The molecule has 0 saturated heterocycles. The lowest BCUT2D eigenvalue weighted by Gasteiger charge is -2.10. The average Bonchev–Trinajstić information content (AvgIpc) is 2.61. The number of hydrogen-bond acceptors (Lipinski definition) is 5. The quantitative estimate of drug-likeness (QED) is 0.764. The number of methoxy groups -OCH3 is 2. The Hall–Kier alpha value is -3.09. The molecule has 24 heavy (non-hydrogen) atoms. The first-order valence-electron chi connectivity index (χ1n) is 7.43. The van der Waals surface area contributed by atoms with Crippen molar-refractivity contribution < 1.29 is 9.47 Å². The molecule has 0 amide bonds. The van der Waals surface area contributed by atoms with Gasteiger partial charge in [-0.1, -0.05) is 6.07 Å². The summed E-state index contributed by atoms with van der Waals surface area (Å²) in [6.45, 7) is 0.246. The molecule has 0 saturated carbocycles. The number of aryl methyl sites for hydroxylation is 1. The van der Waals surface area contributed by atoms with Gasteiger partial charge < -0.3 is 14.5 Å². The maximum absolute atomic E-state index is 12.4. The third-order valence-corrected chi connectivity index (χ3v) is 3.81. The van der Waals surface area contributed by atoms with Crippen LogP contribution in [0.5, 0.6) is 11.5 Å². The first-order valence-corrected chi connectivity index (χ1v) is 7.43. The molecule has 0 fully saturated rings. The molecule has 2 aromatic heterocycles. The summed E-state index contributed by atoms with van der Waals surface area (Å²) in [6, 6.07) is 8.83.